The van der Waals surface area contributed by atoms with E-state index in [1.807, 2.05) is 0 Å². The van der Waals surface area contributed by atoms with Crippen LogP contribution >= 0.6 is 0 Å². The number of esters is 1. The maximum Gasteiger partial charge on any atom is 0.312 e. The number of hydrogen-bond acceptors (Lipinski definition) is 7. The molecule has 38 heavy (non-hydrogen) atoms. The Hall–Kier alpha value is -4.80. The van der Waals surface area contributed by atoms with Crippen LogP contribution in [0.3, 0.4) is 0 Å². The second kappa shape index (κ2) is 9.58. The average Bonchev–Trinajstić information content (AvgIpc) is 3.20. The number of ketones is 1. The van der Waals surface area contributed by atoms with E-state index in [9.17, 15) is 27.6 Å². The van der Waals surface area contributed by atoms with E-state index in [1.54, 1.807) is 18.2 Å². The molecule has 8 nitrogen and oxygen atoms in total. The highest BCUT2D eigenvalue weighted by Crippen LogP contribution is 2.49. The van der Waals surface area contributed by atoms with Crippen molar-refractivity contribution in [1.29, 1.82) is 0 Å². The summed E-state index contributed by atoms with van der Waals surface area (Å²) in [6, 6.07) is 9.17. The summed E-state index contributed by atoms with van der Waals surface area (Å²) in [4.78, 5) is 36.7. The average molecular weight is 525 g/mol. The molecule has 11 heteroatoms. The van der Waals surface area contributed by atoms with Gasteiger partial charge < -0.3 is 24.7 Å². The highest BCUT2D eigenvalue weighted by molar-refractivity contribution is 6.15. The Morgan fingerprint density at radius 1 is 1.05 bits per heavy atom. The number of methoxy groups -OCH3 is 1. The molecule has 2 N–H and O–H groups in total. The highest BCUT2D eigenvalue weighted by atomic mass is 19.2. The molecule has 1 amide bonds. The molecule has 3 aromatic rings. The molecule has 0 radical (unpaired) electrons. The topological polar surface area (TPSA) is 114 Å². The number of primary amides is 1. The fraction of sp³-hybridized carbons (Fsp3) is 0.148. The molecule has 0 fully saturated rings. The molecular formula is C27H18F3NO7. The molecule has 1 atom stereocenters. The summed E-state index contributed by atoms with van der Waals surface area (Å²) in [5.41, 5.74) is 6.15. The Kier molecular flexibility index (Phi) is 6.27. The first kappa shape index (κ1) is 24.9. The summed E-state index contributed by atoms with van der Waals surface area (Å²) in [7, 11) is 1.42. The molecule has 0 aromatic heterocycles. The van der Waals surface area contributed by atoms with E-state index < -0.39 is 47.6 Å². The maximum atomic E-state index is 13.7. The molecule has 2 aliphatic rings. The molecule has 1 unspecified atom stereocenters. The van der Waals surface area contributed by atoms with Crippen molar-refractivity contribution in [2.24, 2.45) is 5.73 Å². The van der Waals surface area contributed by atoms with E-state index in [2.05, 4.69) is 0 Å². The van der Waals surface area contributed by atoms with Gasteiger partial charge in [-0.3, -0.25) is 14.4 Å². The summed E-state index contributed by atoms with van der Waals surface area (Å²) in [5.74, 6) is -6.40. The molecular weight excluding hydrogens is 507 g/mol. The third-order valence-corrected chi connectivity index (χ3v) is 6.04. The van der Waals surface area contributed by atoms with Gasteiger partial charge in [-0.1, -0.05) is 6.07 Å². The molecule has 0 saturated carbocycles. The minimum absolute atomic E-state index is 0.106. The van der Waals surface area contributed by atoms with Crippen molar-refractivity contribution in [3.05, 3.63) is 87.9 Å². The Morgan fingerprint density at radius 2 is 1.79 bits per heavy atom. The van der Waals surface area contributed by atoms with Crippen molar-refractivity contribution in [1.82, 2.24) is 0 Å². The van der Waals surface area contributed by atoms with Crippen LogP contribution in [0.4, 0.5) is 13.2 Å². The van der Waals surface area contributed by atoms with Gasteiger partial charge in [0.15, 0.2) is 41.3 Å². The number of rotatable bonds is 6. The third kappa shape index (κ3) is 4.42. The first-order valence-electron chi connectivity index (χ1n) is 11.2. The number of halogens is 3. The van der Waals surface area contributed by atoms with Crippen molar-refractivity contribution in [3.63, 3.8) is 0 Å². The van der Waals surface area contributed by atoms with E-state index >= 15 is 0 Å². The number of carbonyl (C=O) groups excluding carboxylic acids is 3. The molecule has 194 valence electrons. The SMILES string of the molecule is COc1ccc(C2CC(=O)Oc3ccc4c(c32)OC(=Cc2cc(F)c(F)c(F)c2)C4=O)cc1OCC(N)=O. The van der Waals surface area contributed by atoms with E-state index in [1.165, 1.54) is 19.2 Å². The van der Waals surface area contributed by atoms with Crippen LogP contribution in [0.15, 0.2) is 48.2 Å². The van der Waals surface area contributed by atoms with E-state index in [0.717, 1.165) is 18.2 Å². The number of benzene rings is 3. The van der Waals surface area contributed by atoms with Crippen molar-refractivity contribution in [2.75, 3.05) is 13.7 Å². The summed E-state index contributed by atoms with van der Waals surface area (Å²) >= 11 is 0. The second-order valence-electron chi connectivity index (χ2n) is 8.49. The van der Waals surface area contributed by atoms with Crippen LogP contribution in [0.25, 0.3) is 6.08 Å². The Balaban J connectivity index is 1.58. The first-order valence-corrected chi connectivity index (χ1v) is 11.2. The summed E-state index contributed by atoms with van der Waals surface area (Å²) in [6.07, 6.45) is 0.976. The molecule has 0 aliphatic carbocycles. The van der Waals surface area contributed by atoms with Crippen LogP contribution in [0.5, 0.6) is 23.0 Å². The van der Waals surface area contributed by atoms with Crippen LogP contribution in [-0.4, -0.2) is 31.4 Å². The number of nitrogens with two attached hydrogens (primary N) is 1. The lowest BCUT2D eigenvalue weighted by molar-refractivity contribution is -0.135. The van der Waals surface area contributed by atoms with E-state index in [-0.39, 0.29) is 40.6 Å². The number of amides is 1. The van der Waals surface area contributed by atoms with Crippen LogP contribution in [0, 0.1) is 17.5 Å². The van der Waals surface area contributed by atoms with Gasteiger partial charge >= 0.3 is 5.97 Å². The quantitative estimate of drug-likeness (QED) is 0.224. The smallest absolute Gasteiger partial charge is 0.312 e. The van der Waals surface area contributed by atoms with Crippen LogP contribution in [0.2, 0.25) is 0 Å². The predicted molar refractivity (Wildman–Crippen MR) is 125 cm³/mol. The molecule has 0 saturated heterocycles. The molecule has 0 spiro atoms. The molecule has 0 bridgehead atoms. The van der Waals surface area contributed by atoms with Crippen LogP contribution in [-0.2, 0) is 9.59 Å². The molecule has 5 rings (SSSR count). The maximum absolute atomic E-state index is 13.7. The largest absolute Gasteiger partial charge is 0.493 e. The van der Waals surface area contributed by atoms with E-state index in [0.29, 0.717) is 16.9 Å². The Morgan fingerprint density at radius 3 is 2.47 bits per heavy atom. The Bertz CT molecular complexity index is 1530. The zero-order valence-electron chi connectivity index (χ0n) is 19.7. The molecule has 2 aliphatic heterocycles. The highest BCUT2D eigenvalue weighted by Gasteiger charge is 2.39. The summed E-state index contributed by atoms with van der Waals surface area (Å²) < 4.78 is 62.7. The van der Waals surface area contributed by atoms with Gasteiger partial charge in [0.05, 0.1) is 19.1 Å². The van der Waals surface area contributed by atoms with Gasteiger partial charge in [0.1, 0.15) is 11.5 Å². The van der Waals surface area contributed by atoms with Crippen molar-refractivity contribution in [3.8, 4) is 23.0 Å². The minimum atomic E-state index is -1.63. The fourth-order valence-electron chi connectivity index (χ4n) is 4.37. The normalized spacial score (nSPS) is 16.9. The number of ether oxygens (including phenoxy) is 4. The van der Waals surface area contributed by atoms with Gasteiger partial charge in [0, 0.05) is 11.5 Å². The molecule has 3 aromatic carbocycles. The lowest BCUT2D eigenvalue weighted by Crippen LogP contribution is -2.22. The minimum Gasteiger partial charge on any atom is -0.493 e. The number of fused-ring (bicyclic) bond motifs is 3. The number of carbonyl (C=O) groups is 3. The third-order valence-electron chi connectivity index (χ3n) is 6.04. The first-order chi connectivity index (χ1) is 18.2. The number of allylic oxidation sites excluding steroid dienone is 1. The van der Waals surface area contributed by atoms with Crippen molar-refractivity contribution < 1.29 is 46.5 Å². The zero-order chi connectivity index (χ0) is 27.1. The van der Waals surface area contributed by atoms with Gasteiger partial charge in [-0.25, -0.2) is 13.2 Å². The number of Topliss-reactive ketones (excluding diaryl/α,β-unsaturated/α-hetero) is 1. The zero-order valence-corrected chi connectivity index (χ0v) is 19.7. The van der Waals surface area contributed by atoms with Crippen LogP contribution < -0.4 is 24.7 Å². The summed E-state index contributed by atoms with van der Waals surface area (Å²) in [5, 5.41) is 0. The summed E-state index contributed by atoms with van der Waals surface area (Å²) in [6.45, 7) is -0.408. The Labute approximate surface area is 213 Å². The standard InChI is InChI=1S/C27H18F3NO7/c1-35-18-4-2-13(9-20(18)36-11-22(31)32)15-10-23(33)37-19-5-3-14-26(34)21(38-27(14)24(15)19)8-12-6-16(28)25(30)17(29)7-12/h2-9,15H,10-11H2,1H3,(H2,31,32). The van der Waals surface area contributed by atoms with Gasteiger partial charge in [-0.2, -0.15) is 0 Å². The lowest BCUT2D eigenvalue weighted by atomic mass is 9.84. The van der Waals surface area contributed by atoms with Crippen LogP contribution in [0.1, 0.15) is 39.4 Å². The second-order valence-corrected chi connectivity index (χ2v) is 8.49. The fourth-order valence-corrected chi connectivity index (χ4v) is 4.37. The lowest BCUT2D eigenvalue weighted by Gasteiger charge is -2.26. The van der Waals surface area contributed by atoms with Gasteiger partial charge in [0.2, 0.25) is 5.78 Å². The predicted octanol–water partition coefficient (Wildman–Crippen LogP) is 4.03. The van der Waals surface area contributed by atoms with Crippen molar-refractivity contribution in [2.45, 2.75) is 12.3 Å². The monoisotopic (exact) mass is 525 g/mol. The number of hydrogen-bond donors (Lipinski definition) is 1. The molecule has 2 heterocycles. The van der Waals surface area contributed by atoms with Gasteiger partial charge in [-0.05, 0) is 53.6 Å². The van der Waals surface area contributed by atoms with E-state index in [4.69, 9.17) is 24.7 Å². The van der Waals surface area contributed by atoms with Gasteiger partial charge in [-0.15, -0.1) is 0 Å². The van der Waals surface area contributed by atoms with Gasteiger partial charge in [0.25, 0.3) is 5.91 Å². The van der Waals surface area contributed by atoms with Crippen molar-refractivity contribution >= 4 is 23.7 Å².